The number of nitrogens with zero attached hydrogens (tertiary/aromatic N) is 2. The standard InChI is InChI=1S/C28H30ClFN4O3.2ClH/c1-15(35)21-14-32-24-9-4-16(17-12-22(29)27(36)23(30)13-17)11-20(24)26(21)33-18-5-7-19(8-6-18)34-10-2-3-25(34)28(31)37;;/h4,9,11-14,18-19,25,36H,2-3,5-8,10H2,1H3,(H2,31,37)(H,32,33);2*1H. The van der Waals surface area contributed by atoms with Crippen LogP contribution in [0, 0.1) is 5.82 Å². The number of nitrogens with one attached hydrogen (secondary N) is 1. The van der Waals surface area contributed by atoms with Crippen molar-refractivity contribution in [3.8, 4) is 16.9 Å². The molecule has 0 radical (unpaired) electrons. The monoisotopic (exact) mass is 596 g/mol. The lowest BCUT2D eigenvalue weighted by Gasteiger charge is -2.37. The number of nitrogens with two attached hydrogens (primary N) is 1. The van der Waals surface area contributed by atoms with Gasteiger partial charge >= 0.3 is 0 Å². The van der Waals surface area contributed by atoms with E-state index >= 15 is 0 Å². The van der Waals surface area contributed by atoms with Gasteiger partial charge in [0.25, 0.3) is 0 Å². The Labute approximate surface area is 244 Å². The number of hydrogen-bond donors (Lipinski definition) is 3. The number of ketones is 1. The van der Waals surface area contributed by atoms with E-state index in [4.69, 9.17) is 17.3 Å². The number of phenols is 1. The molecule has 2 aliphatic rings. The molecule has 3 aromatic rings. The average molecular weight is 598 g/mol. The van der Waals surface area contributed by atoms with Gasteiger partial charge in [-0.1, -0.05) is 17.7 Å². The number of hydrogen-bond acceptors (Lipinski definition) is 6. The summed E-state index contributed by atoms with van der Waals surface area (Å²) in [4.78, 5) is 31.1. The molecule has 1 saturated heterocycles. The van der Waals surface area contributed by atoms with Gasteiger partial charge in [0.05, 0.1) is 27.8 Å². The van der Waals surface area contributed by atoms with Crippen LogP contribution >= 0.6 is 36.4 Å². The van der Waals surface area contributed by atoms with E-state index in [1.165, 1.54) is 19.1 Å². The molecule has 210 valence electrons. The fourth-order valence-corrected chi connectivity index (χ4v) is 6.02. The Morgan fingerprint density at radius 2 is 1.82 bits per heavy atom. The van der Waals surface area contributed by atoms with Gasteiger partial charge < -0.3 is 16.2 Å². The molecular formula is C28H32Cl3FN4O3. The zero-order valence-corrected chi connectivity index (χ0v) is 23.8. The smallest absolute Gasteiger partial charge is 0.234 e. The highest BCUT2D eigenvalue weighted by Crippen LogP contribution is 2.37. The number of aromatic nitrogens is 1. The highest BCUT2D eigenvalue weighted by molar-refractivity contribution is 6.32. The number of carbonyl (C=O) groups excluding carboxylic acids is 2. The van der Waals surface area contributed by atoms with E-state index in [0.29, 0.717) is 33.9 Å². The number of carbonyl (C=O) groups is 2. The van der Waals surface area contributed by atoms with Crippen molar-refractivity contribution in [3.05, 3.63) is 52.9 Å². The molecule has 1 unspecified atom stereocenters. The lowest BCUT2D eigenvalue weighted by atomic mass is 9.89. The molecule has 0 bridgehead atoms. The lowest BCUT2D eigenvalue weighted by molar-refractivity contribution is -0.123. The van der Waals surface area contributed by atoms with Crippen molar-refractivity contribution in [1.29, 1.82) is 0 Å². The zero-order valence-electron chi connectivity index (χ0n) is 21.5. The number of halogens is 4. The van der Waals surface area contributed by atoms with Crippen LogP contribution in [-0.2, 0) is 4.79 Å². The first-order chi connectivity index (χ1) is 17.7. The van der Waals surface area contributed by atoms with E-state index < -0.39 is 11.6 Å². The van der Waals surface area contributed by atoms with Crippen molar-refractivity contribution in [2.75, 3.05) is 11.9 Å². The van der Waals surface area contributed by atoms with Crippen molar-refractivity contribution in [3.63, 3.8) is 0 Å². The largest absolute Gasteiger partial charge is 0.504 e. The summed E-state index contributed by atoms with van der Waals surface area (Å²) in [6.07, 6.45) is 7.09. The van der Waals surface area contributed by atoms with Gasteiger partial charge in [0, 0.05) is 23.7 Å². The summed E-state index contributed by atoms with van der Waals surface area (Å²) < 4.78 is 14.2. The molecule has 0 spiro atoms. The number of fused-ring (bicyclic) bond motifs is 1. The predicted octanol–water partition coefficient (Wildman–Crippen LogP) is 6.12. The molecule has 2 aromatic carbocycles. The second kappa shape index (κ2) is 12.7. The molecule has 1 atom stereocenters. The molecule has 1 aliphatic carbocycles. The Bertz CT molecular complexity index is 1360. The normalized spacial score (nSPS) is 21.2. The Morgan fingerprint density at radius 1 is 1.10 bits per heavy atom. The first kappa shape index (κ1) is 30.9. The van der Waals surface area contributed by atoms with Crippen LogP contribution in [0.2, 0.25) is 5.02 Å². The molecule has 1 saturated carbocycles. The van der Waals surface area contributed by atoms with Crippen molar-refractivity contribution in [1.82, 2.24) is 9.88 Å². The van der Waals surface area contributed by atoms with Gasteiger partial charge in [-0.2, -0.15) is 0 Å². The summed E-state index contributed by atoms with van der Waals surface area (Å²) in [5.74, 6) is -1.72. The summed E-state index contributed by atoms with van der Waals surface area (Å²) in [6.45, 7) is 2.42. The third-order valence-corrected chi connectivity index (χ3v) is 8.02. The van der Waals surface area contributed by atoms with Gasteiger partial charge in [-0.25, -0.2) is 4.39 Å². The number of phenolic OH excluding ortho intramolecular Hbond substituents is 1. The fourth-order valence-electron chi connectivity index (χ4n) is 5.81. The molecule has 1 aliphatic heterocycles. The quantitative estimate of drug-likeness (QED) is 0.296. The maximum absolute atomic E-state index is 14.2. The Morgan fingerprint density at radius 3 is 2.46 bits per heavy atom. The number of primary amides is 1. The molecule has 7 nitrogen and oxygen atoms in total. The molecule has 11 heteroatoms. The van der Waals surface area contributed by atoms with Gasteiger partial charge in [-0.3, -0.25) is 19.5 Å². The SMILES string of the molecule is CC(=O)c1cnc2ccc(-c3cc(F)c(O)c(Cl)c3)cc2c1NC1CCC(N2CCCC2C(N)=O)CC1.Cl.Cl. The maximum atomic E-state index is 14.2. The lowest BCUT2D eigenvalue weighted by Crippen LogP contribution is -2.48. The molecule has 2 fully saturated rings. The third kappa shape index (κ3) is 6.24. The van der Waals surface area contributed by atoms with Crippen LogP contribution < -0.4 is 11.1 Å². The van der Waals surface area contributed by atoms with Gasteiger partial charge in [0.15, 0.2) is 17.3 Å². The van der Waals surface area contributed by atoms with Crippen molar-refractivity contribution in [2.24, 2.45) is 5.73 Å². The summed E-state index contributed by atoms with van der Waals surface area (Å²) >= 11 is 6.01. The van der Waals surface area contributed by atoms with Crippen molar-refractivity contribution < 1.29 is 19.1 Å². The van der Waals surface area contributed by atoms with E-state index in [9.17, 15) is 19.1 Å². The first-order valence-corrected chi connectivity index (χ1v) is 13.0. The van der Waals surface area contributed by atoms with E-state index in [2.05, 4.69) is 15.2 Å². The van der Waals surface area contributed by atoms with Crippen molar-refractivity contribution in [2.45, 2.75) is 63.6 Å². The molecule has 5 rings (SSSR count). The van der Waals surface area contributed by atoms with Crippen LogP contribution in [0.3, 0.4) is 0 Å². The van der Waals surface area contributed by atoms with E-state index in [-0.39, 0.29) is 53.6 Å². The zero-order chi connectivity index (χ0) is 26.3. The average Bonchev–Trinajstić information content (AvgIpc) is 3.38. The van der Waals surface area contributed by atoms with Crippen molar-refractivity contribution >= 4 is 64.7 Å². The van der Waals surface area contributed by atoms with Crippen LogP contribution in [0.1, 0.15) is 55.8 Å². The Kier molecular flexibility index (Phi) is 10.0. The third-order valence-electron chi connectivity index (χ3n) is 7.73. The van der Waals surface area contributed by atoms with Crippen LogP contribution in [0.25, 0.3) is 22.0 Å². The summed E-state index contributed by atoms with van der Waals surface area (Å²) in [5, 5.41) is 14.0. The summed E-state index contributed by atoms with van der Waals surface area (Å²) in [6, 6.07) is 8.56. The van der Waals surface area contributed by atoms with Gasteiger partial charge in [0.1, 0.15) is 0 Å². The summed E-state index contributed by atoms with van der Waals surface area (Å²) in [5.41, 5.74) is 8.74. The van der Waals surface area contributed by atoms with Gasteiger partial charge in [0.2, 0.25) is 5.91 Å². The second-order valence-electron chi connectivity index (χ2n) is 10.1. The highest BCUT2D eigenvalue weighted by atomic mass is 35.5. The predicted molar refractivity (Wildman–Crippen MR) is 157 cm³/mol. The molecule has 2 heterocycles. The second-order valence-corrected chi connectivity index (χ2v) is 10.5. The fraction of sp³-hybridized carbons (Fsp3) is 0.393. The minimum absolute atomic E-state index is 0. The van der Waals surface area contributed by atoms with E-state index in [1.54, 1.807) is 6.20 Å². The topological polar surface area (TPSA) is 109 Å². The number of anilines is 1. The Hall–Kier alpha value is -2.65. The number of amides is 1. The molecular weight excluding hydrogens is 566 g/mol. The number of aromatic hydroxyl groups is 1. The molecule has 39 heavy (non-hydrogen) atoms. The van der Waals surface area contributed by atoms with Crippen LogP contribution in [0.5, 0.6) is 5.75 Å². The van der Waals surface area contributed by atoms with Crippen LogP contribution in [0.4, 0.5) is 10.1 Å². The van der Waals surface area contributed by atoms with Crippen LogP contribution in [0.15, 0.2) is 36.5 Å². The number of rotatable bonds is 6. The first-order valence-electron chi connectivity index (χ1n) is 12.7. The number of Topliss-reactive ketones (excluding diaryl/α,β-unsaturated/α-hetero) is 1. The van der Waals surface area contributed by atoms with E-state index in [0.717, 1.165) is 50.5 Å². The molecule has 4 N–H and O–H groups in total. The van der Waals surface area contributed by atoms with Crippen LogP contribution in [-0.4, -0.2) is 51.4 Å². The minimum atomic E-state index is -0.801. The molecule has 1 aromatic heterocycles. The number of likely N-dealkylation sites (tertiary alicyclic amines) is 1. The summed E-state index contributed by atoms with van der Waals surface area (Å²) in [7, 11) is 0. The van der Waals surface area contributed by atoms with E-state index in [1.807, 2.05) is 18.2 Å². The number of benzene rings is 2. The number of pyridine rings is 1. The van der Waals surface area contributed by atoms with Gasteiger partial charge in [-0.15, -0.1) is 24.8 Å². The maximum Gasteiger partial charge on any atom is 0.234 e. The Balaban J connectivity index is 0.00000210. The minimum Gasteiger partial charge on any atom is -0.504 e. The highest BCUT2D eigenvalue weighted by Gasteiger charge is 2.36. The molecule has 1 amide bonds. The van der Waals surface area contributed by atoms with Gasteiger partial charge in [-0.05, 0) is 87.4 Å².